The monoisotopic (exact) mass is 409 g/mol. The minimum atomic E-state index is -0.793. The number of hydrogen-bond donors (Lipinski definition) is 2. The molecule has 1 unspecified atom stereocenters. The van der Waals surface area contributed by atoms with E-state index in [0.717, 1.165) is 0 Å². The molecule has 0 aromatic heterocycles. The number of anilines is 1. The third kappa shape index (κ3) is 9.25. The van der Waals surface area contributed by atoms with Gasteiger partial charge >= 0.3 is 6.03 Å². The van der Waals surface area contributed by atoms with Crippen molar-refractivity contribution in [1.82, 2.24) is 9.80 Å². The quantitative estimate of drug-likeness (QED) is 0.518. The van der Waals surface area contributed by atoms with Crippen LogP contribution in [0.15, 0.2) is 24.3 Å². The van der Waals surface area contributed by atoms with Crippen LogP contribution in [0, 0.1) is 0 Å². The number of aliphatic hydroxyl groups is 1. The van der Waals surface area contributed by atoms with Crippen molar-refractivity contribution in [3.8, 4) is 0 Å². The van der Waals surface area contributed by atoms with Gasteiger partial charge in [-0.3, -0.25) is 4.79 Å². The lowest BCUT2D eigenvalue weighted by Crippen LogP contribution is -2.39. The lowest BCUT2D eigenvalue weighted by Gasteiger charge is -2.22. The molecule has 1 aromatic carbocycles. The molecule has 0 aliphatic heterocycles. The van der Waals surface area contributed by atoms with E-state index in [9.17, 15) is 14.7 Å². The molecule has 3 amide bonds. The van der Waals surface area contributed by atoms with Crippen LogP contribution in [-0.2, 0) is 9.47 Å². The van der Waals surface area contributed by atoms with Crippen LogP contribution in [0.4, 0.5) is 10.5 Å². The average Bonchev–Trinajstić information content (AvgIpc) is 2.68. The van der Waals surface area contributed by atoms with Gasteiger partial charge in [-0.25, -0.2) is 4.79 Å². The van der Waals surface area contributed by atoms with Gasteiger partial charge in [-0.1, -0.05) is 0 Å². The molecule has 0 saturated carbocycles. The highest BCUT2D eigenvalue weighted by Gasteiger charge is 2.15. The number of carbonyl (C=O) groups is 2. The summed E-state index contributed by atoms with van der Waals surface area (Å²) < 4.78 is 10.7. The van der Waals surface area contributed by atoms with Crippen molar-refractivity contribution in [2.45, 2.75) is 39.9 Å². The average molecular weight is 410 g/mol. The topological polar surface area (TPSA) is 91.3 Å². The third-order valence-electron chi connectivity index (χ3n) is 4.25. The third-order valence-corrected chi connectivity index (χ3v) is 4.25. The van der Waals surface area contributed by atoms with E-state index in [2.05, 4.69) is 5.32 Å². The number of aliphatic hydroxyl groups excluding tert-OH is 1. The Balaban J connectivity index is 2.43. The van der Waals surface area contributed by atoms with E-state index in [0.29, 0.717) is 37.6 Å². The summed E-state index contributed by atoms with van der Waals surface area (Å²) in [5.74, 6) is -0.0353. The number of hydrogen-bond acceptors (Lipinski definition) is 5. The van der Waals surface area contributed by atoms with Gasteiger partial charge in [0.1, 0.15) is 0 Å². The molecule has 0 aliphatic carbocycles. The first kappa shape index (κ1) is 24.9. The Kier molecular flexibility index (Phi) is 11.3. The molecule has 29 heavy (non-hydrogen) atoms. The predicted molar refractivity (Wildman–Crippen MR) is 113 cm³/mol. The van der Waals surface area contributed by atoms with E-state index >= 15 is 0 Å². The van der Waals surface area contributed by atoms with Crippen molar-refractivity contribution in [2.24, 2.45) is 0 Å². The molecule has 0 saturated heterocycles. The maximum atomic E-state index is 12.3. The van der Waals surface area contributed by atoms with Gasteiger partial charge in [-0.15, -0.1) is 0 Å². The number of likely N-dealkylation sites (N-methyl/N-ethyl adjacent to an activating group) is 1. The van der Waals surface area contributed by atoms with Crippen LogP contribution in [0.2, 0.25) is 0 Å². The summed E-state index contributed by atoms with van der Waals surface area (Å²) in [7, 11) is 1.60. The van der Waals surface area contributed by atoms with Crippen LogP contribution >= 0.6 is 0 Å². The molecule has 0 fully saturated rings. The fourth-order valence-corrected chi connectivity index (χ4v) is 2.62. The zero-order valence-corrected chi connectivity index (χ0v) is 18.2. The van der Waals surface area contributed by atoms with Crippen LogP contribution in [0.3, 0.4) is 0 Å². The number of carbonyl (C=O) groups excluding carboxylic acids is 2. The molecule has 0 spiro atoms. The van der Waals surface area contributed by atoms with Gasteiger partial charge in [0.25, 0.3) is 5.91 Å². The second kappa shape index (κ2) is 13.1. The van der Waals surface area contributed by atoms with E-state index in [1.807, 2.05) is 27.7 Å². The number of benzene rings is 1. The molecule has 0 bridgehead atoms. The standard InChI is InChI=1S/C21H35N3O5/c1-6-24(7-2)20(26)17-8-10-18(11-9-17)22-21(27)23(5)14-19(25)15-28-12-13-29-16(3)4/h8-11,16,19,25H,6-7,12-15H2,1-5H3,(H,22,27). The number of ether oxygens (including phenoxy) is 2. The molecule has 1 aromatic rings. The van der Waals surface area contributed by atoms with E-state index in [1.54, 1.807) is 36.2 Å². The maximum absolute atomic E-state index is 12.3. The number of nitrogens with zero attached hydrogens (tertiary/aromatic N) is 2. The van der Waals surface area contributed by atoms with Crippen molar-refractivity contribution < 1.29 is 24.2 Å². The van der Waals surface area contributed by atoms with Crippen molar-refractivity contribution >= 4 is 17.6 Å². The van der Waals surface area contributed by atoms with Crippen LogP contribution in [0.5, 0.6) is 0 Å². The van der Waals surface area contributed by atoms with Gasteiger partial charge in [0.05, 0.1) is 38.6 Å². The zero-order valence-electron chi connectivity index (χ0n) is 18.2. The number of nitrogens with one attached hydrogen (secondary N) is 1. The molecule has 2 N–H and O–H groups in total. The molecule has 8 nitrogen and oxygen atoms in total. The van der Waals surface area contributed by atoms with Crippen LogP contribution in [0.25, 0.3) is 0 Å². The molecule has 1 rings (SSSR count). The van der Waals surface area contributed by atoms with Crippen molar-refractivity contribution in [2.75, 3.05) is 51.8 Å². The Hall–Kier alpha value is -2.16. The van der Waals surface area contributed by atoms with Gasteiger partial charge in [0.2, 0.25) is 0 Å². The summed E-state index contributed by atoms with van der Waals surface area (Å²) in [5, 5.41) is 12.8. The molecule has 1 atom stereocenters. The number of urea groups is 1. The molecular formula is C21H35N3O5. The van der Waals surface area contributed by atoms with Crippen LogP contribution < -0.4 is 5.32 Å². The second-order valence-corrected chi connectivity index (χ2v) is 7.01. The highest BCUT2D eigenvalue weighted by atomic mass is 16.5. The maximum Gasteiger partial charge on any atom is 0.321 e. The smallest absolute Gasteiger partial charge is 0.321 e. The normalized spacial score (nSPS) is 12.0. The summed E-state index contributed by atoms with van der Waals surface area (Å²) in [4.78, 5) is 27.7. The zero-order chi connectivity index (χ0) is 21.8. The van der Waals surface area contributed by atoms with Gasteiger partial charge in [0, 0.05) is 31.4 Å². The summed E-state index contributed by atoms with van der Waals surface area (Å²) in [6.07, 6.45) is -0.651. The summed E-state index contributed by atoms with van der Waals surface area (Å²) >= 11 is 0. The van der Waals surface area contributed by atoms with E-state index in [4.69, 9.17) is 9.47 Å². The minimum absolute atomic E-state index is 0.0353. The van der Waals surface area contributed by atoms with Crippen LogP contribution in [0.1, 0.15) is 38.1 Å². The Morgan fingerprint density at radius 2 is 1.72 bits per heavy atom. The molecule has 0 heterocycles. The van der Waals surface area contributed by atoms with E-state index in [1.165, 1.54) is 4.90 Å². The SMILES string of the molecule is CCN(CC)C(=O)c1ccc(NC(=O)N(C)CC(O)COCCOC(C)C)cc1. The lowest BCUT2D eigenvalue weighted by atomic mass is 10.2. The molecule has 164 valence electrons. The summed E-state index contributed by atoms with van der Waals surface area (Å²) in [6.45, 7) is 10.2. The van der Waals surface area contributed by atoms with E-state index in [-0.39, 0.29) is 31.2 Å². The van der Waals surface area contributed by atoms with Crippen LogP contribution in [-0.4, -0.2) is 85.6 Å². The largest absolute Gasteiger partial charge is 0.389 e. The lowest BCUT2D eigenvalue weighted by molar-refractivity contribution is -0.0144. The second-order valence-electron chi connectivity index (χ2n) is 7.01. The highest BCUT2D eigenvalue weighted by molar-refractivity contribution is 5.95. The molecule has 0 aliphatic rings. The Bertz CT molecular complexity index is 617. The molecular weight excluding hydrogens is 374 g/mol. The molecule has 8 heteroatoms. The fraction of sp³-hybridized carbons (Fsp3) is 0.619. The van der Waals surface area contributed by atoms with Crippen molar-refractivity contribution in [3.63, 3.8) is 0 Å². The first-order valence-corrected chi connectivity index (χ1v) is 10.1. The number of amides is 3. The summed E-state index contributed by atoms with van der Waals surface area (Å²) in [6, 6.07) is 6.42. The van der Waals surface area contributed by atoms with Gasteiger partial charge in [-0.05, 0) is 52.0 Å². The fourth-order valence-electron chi connectivity index (χ4n) is 2.62. The predicted octanol–water partition coefficient (Wildman–Crippen LogP) is 2.43. The minimum Gasteiger partial charge on any atom is -0.389 e. The van der Waals surface area contributed by atoms with Gasteiger partial charge in [0.15, 0.2) is 0 Å². The van der Waals surface area contributed by atoms with Gasteiger partial charge in [-0.2, -0.15) is 0 Å². The van der Waals surface area contributed by atoms with E-state index < -0.39 is 6.10 Å². The van der Waals surface area contributed by atoms with Crippen molar-refractivity contribution in [1.29, 1.82) is 0 Å². The first-order valence-electron chi connectivity index (χ1n) is 10.1. The van der Waals surface area contributed by atoms with Crippen molar-refractivity contribution in [3.05, 3.63) is 29.8 Å². The highest BCUT2D eigenvalue weighted by Crippen LogP contribution is 2.12. The first-order chi connectivity index (χ1) is 13.8. The molecule has 0 radical (unpaired) electrons. The number of rotatable bonds is 12. The Labute approximate surface area is 173 Å². The Morgan fingerprint density at radius 3 is 2.28 bits per heavy atom. The Morgan fingerprint density at radius 1 is 1.10 bits per heavy atom. The summed E-state index contributed by atoms with van der Waals surface area (Å²) in [5.41, 5.74) is 1.16. The van der Waals surface area contributed by atoms with Gasteiger partial charge < -0.3 is 29.7 Å².